The van der Waals surface area contributed by atoms with E-state index >= 15 is 0 Å². The minimum atomic E-state index is -5.09. The molecule has 0 radical (unpaired) electrons. The van der Waals surface area contributed by atoms with E-state index in [4.69, 9.17) is 17.0 Å². The summed E-state index contributed by atoms with van der Waals surface area (Å²) in [6.07, 6.45) is 4.92. The summed E-state index contributed by atoms with van der Waals surface area (Å²) in [4.78, 5) is 0. The first kappa shape index (κ1) is 35.0. The van der Waals surface area contributed by atoms with Gasteiger partial charge in [0.25, 0.3) is 0 Å². The van der Waals surface area contributed by atoms with Gasteiger partial charge in [0, 0.05) is 0 Å². The van der Waals surface area contributed by atoms with Crippen LogP contribution < -0.4 is 0 Å². The van der Waals surface area contributed by atoms with E-state index in [0.29, 0.717) is 0 Å². The number of allylic oxidation sites excluding steroid dienone is 2. The van der Waals surface area contributed by atoms with Gasteiger partial charge in [0.1, 0.15) is 0 Å². The zero-order valence-electron chi connectivity index (χ0n) is 30.9. The standard InChI is InChI=1S/C26H19.C21H17.C2H7Si.2ClH.Zr/c1-18-8-2-4-12-22(18)21-16-20-11-7-15-25(26(20)17-21)24-14-6-10-19-9-3-5-13-23(19)24;1-14-12-20-15(2)10-11-19(21(20)13-14)18-9-5-7-16-6-3-4-8-17(16)18;1-3-2;;;/h2-17H,1H3;3-13H,1-2H3;3H,1-2H3;2*1H;/q;;;;;+2/p-2. The Bertz CT molecular complexity index is 2690. The van der Waals surface area contributed by atoms with Crippen molar-refractivity contribution in [1.82, 2.24) is 0 Å². The maximum absolute atomic E-state index is 8.90. The van der Waals surface area contributed by atoms with E-state index in [2.05, 4.69) is 186 Å². The topological polar surface area (TPSA) is 0 Å². The first-order valence-electron chi connectivity index (χ1n) is 18.8. The number of hydrogen-bond donors (Lipinski definition) is 0. The predicted molar refractivity (Wildman–Crippen MR) is 232 cm³/mol. The second-order valence-corrected chi connectivity index (χ2v) is 58.2. The summed E-state index contributed by atoms with van der Waals surface area (Å²) in [5.41, 5.74) is 16.6. The molecule has 0 spiro atoms. The van der Waals surface area contributed by atoms with Gasteiger partial charge in [-0.05, 0) is 0 Å². The van der Waals surface area contributed by atoms with Gasteiger partial charge in [-0.1, -0.05) is 0 Å². The van der Waals surface area contributed by atoms with Crippen LogP contribution in [0.15, 0.2) is 145 Å². The number of halogens is 2. The Hall–Kier alpha value is -3.78. The van der Waals surface area contributed by atoms with Gasteiger partial charge in [0.2, 0.25) is 0 Å². The average Bonchev–Trinajstić information content (AvgIpc) is 3.75. The molecule has 7 aromatic rings. The fourth-order valence-corrected chi connectivity index (χ4v) is 41.4. The van der Waals surface area contributed by atoms with E-state index in [0.717, 1.165) is 0 Å². The summed E-state index contributed by atoms with van der Waals surface area (Å²) in [7, 11) is 17.8. The van der Waals surface area contributed by atoms with Crippen molar-refractivity contribution >= 4 is 62.2 Å². The molecule has 4 heteroatoms. The van der Waals surface area contributed by atoms with Crippen molar-refractivity contribution in [2.75, 3.05) is 0 Å². The molecule has 0 aliphatic heterocycles. The molecule has 0 fully saturated rings. The summed E-state index contributed by atoms with van der Waals surface area (Å²) < 4.78 is -0.0571. The van der Waals surface area contributed by atoms with E-state index in [1.54, 1.807) is 0 Å². The SMILES string of the molecule is CC1=Cc2c(-c3cccc4ccccc34)ccc(C)c2[CH]1[Zr]([Cl])([Cl])([CH]1C(c2ccccc2C)=Cc2c(-c3cccc4ccccc34)cccc21)[SiH](C)C. The van der Waals surface area contributed by atoms with Gasteiger partial charge in [0.15, 0.2) is 0 Å². The van der Waals surface area contributed by atoms with Crippen LogP contribution in [0.4, 0.5) is 0 Å². The predicted octanol–water partition coefficient (Wildman–Crippen LogP) is 14.7. The molecule has 0 saturated heterocycles. The number of benzene rings is 7. The van der Waals surface area contributed by atoms with Gasteiger partial charge in [-0.15, -0.1) is 0 Å². The first-order chi connectivity index (χ1) is 25.6. The Morgan fingerprint density at radius 2 is 1.00 bits per heavy atom. The summed E-state index contributed by atoms with van der Waals surface area (Å²) in [6, 6.07) is 51.1. The number of rotatable bonds is 6. The molecule has 9 rings (SSSR count). The van der Waals surface area contributed by atoms with Crippen molar-refractivity contribution in [2.24, 2.45) is 0 Å². The molecule has 0 N–H and O–H groups in total. The van der Waals surface area contributed by atoms with Crippen molar-refractivity contribution < 1.29 is 15.6 Å². The Morgan fingerprint density at radius 3 is 1.64 bits per heavy atom. The monoisotopic (exact) mass is 819 g/mol. The molecule has 0 amide bonds. The fraction of sp³-hybridized carbons (Fsp3) is 0.143. The normalized spacial score (nSPS) is 17.4. The maximum atomic E-state index is 8.90. The van der Waals surface area contributed by atoms with Gasteiger partial charge in [0.05, 0.1) is 0 Å². The molecule has 0 heterocycles. The fourth-order valence-electron chi connectivity index (χ4n) is 9.88. The van der Waals surface area contributed by atoms with Crippen molar-refractivity contribution in [3.8, 4) is 22.3 Å². The Labute approximate surface area is 322 Å². The third-order valence-electron chi connectivity index (χ3n) is 12.5. The molecule has 0 aromatic heterocycles. The van der Waals surface area contributed by atoms with E-state index in [9.17, 15) is 0 Å². The van der Waals surface area contributed by atoms with Crippen molar-refractivity contribution in [3.63, 3.8) is 0 Å². The van der Waals surface area contributed by atoms with Crippen molar-refractivity contribution in [3.05, 3.63) is 184 Å². The van der Waals surface area contributed by atoms with E-state index in [1.165, 1.54) is 93.9 Å². The Balaban J connectivity index is 1.32. The van der Waals surface area contributed by atoms with E-state index in [1.807, 2.05) is 0 Å². The van der Waals surface area contributed by atoms with E-state index < -0.39 is 21.5 Å². The van der Waals surface area contributed by atoms with Crippen LogP contribution in [0.1, 0.15) is 53.1 Å². The Kier molecular flexibility index (Phi) is 8.52. The van der Waals surface area contributed by atoms with Crippen LogP contribution in [-0.2, 0) is 15.6 Å². The molecule has 2 aliphatic carbocycles. The molecule has 2 unspecified atom stereocenters. The Morgan fingerprint density at radius 1 is 0.472 bits per heavy atom. The van der Waals surface area contributed by atoms with E-state index in [-0.39, 0.29) is 7.25 Å². The molecular formula is C49H43Cl2SiZr. The minimum absolute atomic E-state index is 0.000876. The van der Waals surface area contributed by atoms with Gasteiger partial charge >= 0.3 is 325 Å². The van der Waals surface area contributed by atoms with Gasteiger partial charge in [-0.25, -0.2) is 0 Å². The second kappa shape index (κ2) is 12.9. The van der Waals surface area contributed by atoms with Gasteiger partial charge in [-0.3, -0.25) is 0 Å². The molecule has 0 saturated carbocycles. The summed E-state index contributed by atoms with van der Waals surface area (Å²) >= 11 is -5.09. The van der Waals surface area contributed by atoms with Crippen LogP contribution in [0.3, 0.4) is 0 Å². The molecule has 2 aliphatic rings. The zero-order chi connectivity index (χ0) is 36.7. The van der Waals surface area contributed by atoms with Crippen LogP contribution in [-0.4, -0.2) is 5.92 Å². The first-order valence-corrected chi connectivity index (χ1v) is 35.1. The molecule has 261 valence electrons. The zero-order valence-corrected chi connectivity index (χ0v) is 36.0. The number of aryl methyl sites for hydroxylation is 2. The number of hydrogen-bond acceptors (Lipinski definition) is 0. The summed E-state index contributed by atoms with van der Waals surface area (Å²) in [6.45, 7) is 11.7. The van der Waals surface area contributed by atoms with Crippen molar-refractivity contribution in [2.45, 2.75) is 41.1 Å². The molecule has 7 aromatic carbocycles. The quantitative estimate of drug-likeness (QED) is 0.147. The second-order valence-electron chi connectivity index (χ2n) is 15.7. The van der Waals surface area contributed by atoms with Crippen LogP contribution in [0.5, 0.6) is 0 Å². The van der Waals surface area contributed by atoms with Crippen LogP contribution in [0.2, 0.25) is 13.1 Å². The van der Waals surface area contributed by atoms with Crippen LogP contribution in [0.25, 0.3) is 61.5 Å². The molecular weight excluding hydrogens is 779 g/mol. The number of fused-ring (bicyclic) bond motifs is 4. The summed E-state index contributed by atoms with van der Waals surface area (Å²) in [5.74, 6) is -1.78. The van der Waals surface area contributed by atoms with Crippen LogP contribution >= 0.6 is 17.0 Å². The molecule has 53 heavy (non-hydrogen) atoms. The average molecular weight is 822 g/mol. The van der Waals surface area contributed by atoms with Crippen molar-refractivity contribution in [1.29, 1.82) is 0 Å². The third kappa shape index (κ3) is 5.24. The third-order valence-corrected chi connectivity index (χ3v) is 64.4. The summed E-state index contributed by atoms with van der Waals surface area (Å²) in [5, 5.41) is 5.03. The molecule has 2 atom stereocenters. The molecule has 0 nitrogen and oxygen atoms in total. The van der Waals surface area contributed by atoms with Gasteiger partial charge < -0.3 is 0 Å². The molecule has 0 bridgehead atoms. The van der Waals surface area contributed by atoms with Crippen LogP contribution in [0, 0.1) is 13.8 Å². The van der Waals surface area contributed by atoms with Gasteiger partial charge in [-0.2, -0.15) is 0 Å².